The number of carbonyl (C=O) groups is 3. The number of nitrogens with zero attached hydrogens (tertiary/aromatic N) is 3. The Morgan fingerprint density at radius 3 is 2.37 bits per heavy atom. The molecule has 9 nitrogen and oxygen atoms in total. The van der Waals surface area contributed by atoms with Crippen molar-refractivity contribution in [1.82, 2.24) is 14.7 Å². The van der Waals surface area contributed by atoms with E-state index in [1.165, 1.54) is 0 Å². The Bertz CT molecular complexity index is 1430. The average molecular weight is 473 g/mol. The number of Topliss-reactive ketones (excluding diaryl/α,β-unsaturated/α-hetero) is 1. The van der Waals surface area contributed by atoms with Gasteiger partial charge in [-0.15, -0.1) is 0 Å². The van der Waals surface area contributed by atoms with Crippen LogP contribution in [0.15, 0.2) is 59.0 Å². The molecule has 2 aromatic carbocycles. The van der Waals surface area contributed by atoms with Gasteiger partial charge in [0.2, 0.25) is 5.76 Å². The van der Waals surface area contributed by atoms with E-state index in [-0.39, 0.29) is 22.9 Å². The smallest absolute Gasteiger partial charge is 0.297 e. The molecule has 1 aliphatic rings. The lowest BCUT2D eigenvalue weighted by Crippen LogP contribution is -2.40. The van der Waals surface area contributed by atoms with Crippen LogP contribution in [0, 0.1) is 13.8 Å². The summed E-state index contributed by atoms with van der Waals surface area (Å²) in [6.07, 6.45) is 0. The lowest BCUT2D eigenvalue weighted by Gasteiger charge is -2.26. The SMILES string of the molecule is Cc1nn(-c2ccccc2)c(C)c1C(=O)C(=O)Nc1c(C(=O)N2CCOCC2)oc2ccccc12. The van der Waals surface area contributed by atoms with Crippen molar-refractivity contribution in [3.63, 3.8) is 0 Å². The van der Waals surface area contributed by atoms with Crippen molar-refractivity contribution in [2.75, 3.05) is 31.6 Å². The summed E-state index contributed by atoms with van der Waals surface area (Å²) in [6.45, 7) is 5.12. The van der Waals surface area contributed by atoms with Gasteiger partial charge in [-0.05, 0) is 38.1 Å². The zero-order valence-corrected chi connectivity index (χ0v) is 19.4. The number of rotatable bonds is 5. The van der Waals surface area contributed by atoms with Crippen LogP contribution in [0.4, 0.5) is 5.69 Å². The molecule has 35 heavy (non-hydrogen) atoms. The number of fused-ring (bicyclic) bond motifs is 1. The Balaban J connectivity index is 1.48. The number of hydrogen-bond donors (Lipinski definition) is 1. The summed E-state index contributed by atoms with van der Waals surface area (Å²) < 4.78 is 12.8. The van der Waals surface area contributed by atoms with Crippen molar-refractivity contribution < 1.29 is 23.5 Å². The molecule has 4 aromatic rings. The molecule has 0 spiro atoms. The number of benzene rings is 2. The first kappa shape index (κ1) is 22.5. The molecule has 5 rings (SSSR count). The number of ether oxygens (including phenoxy) is 1. The molecule has 0 unspecified atom stereocenters. The Hall–Kier alpha value is -4.24. The lowest BCUT2D eigenvalue weighted by molar-refractivity contribution is -0.112. The lowest BCUT2D eigenvalue weighted by atomic mass is 10.1. The molecule has 3 heterocycles. The molecular weight excluding hydrogens is 448 g/mol. The van der Waals surface area contributed by atoms with Gasteiger partial charge in [-0.25, -0.2) is 4.68 Å². The maximum absolute atomic E-state index is 13.3. The summed E-state index contributed by atoms with van der Waals surface area (Å²) in [6, 6.07) is 16.4. The summed E-state index contributed by atoms with van der Waals surface area (Å²) in [7, 11) is 0. The number of para-hydroxylation sites is 2. The number of carbonyl (C=O) groups excluding carboxylic acids is 3. The van der Waals surface area contributed by atoms with Gasteiger partial charge in [0.15, 0.2) is 0 Å². The van der Waals surface area contributed by atoms with Crippen LogP contribution in [-0.4, -0.2) is 58.6 Å². The standard InChI is InChI=1S/C26H24N4O5/c1-16-21(17(2)30(28-16)18-8-4-3-5-9-18)23(31)25(32)27-22-19-10-6-7-11-20(19)35-24(22)26(33)29-12-14-34-15-13-29/h3-11H,12-15H2,1-2H3,(H,27,32). The van der Waals surface area contributed by atoms with Gasteiger partial charge in [-0.2, -0.15) is 5.10 Å². The van der Waals surface area contributed by atoms with E-state index in [9.17, 15) is 14.4 Å². The number of hydrogen-bond acceptors (Lipinski definition) is 6. The van der Waals surface area contributed by atoms with E-state index in [1.54, 1.807) is 47.7 Å². The molecule has 2 amide bonds. The first-order valence-electron chi connectivity index (χ1n) is 11.3. The highest BCUT2D eigenvalue weighted by Crippen LogP contribution is 2.32. The monoisotopic (exact) mass is 472 g/mol. The second-order valence-corrected chi connectivity index (χ2v) is 8.28. The van der Waals surface area contributed by atoms with Gasteiger partial charge in [0.25, 0.3) is 17.6 Å². The van der Waals surface area contributed by atoms with Gasteiger partial charge in [0, 0.05) is 18.5 Å². The summed E-state index contributed by atoms with van der Waals surface area (Å²) in [5, 5.41) is 7.66. The van der Waals surface area contributed by atoms with Crippen LogP contribution in [0.3, 0.4) is 0 Å². The first-order chi connectivity index (χ1) is 17.0. The molecule has 1 fully saturated rings. The van der Waals surface area contributed by atoms with Gasteiger partial charge in [0.05, 0.1) is 35.9 Å². The number of morpholine rings is 1. The van der Waals surface area contributed by atoms with Gasteiger partial charge in [-0.1, -0.05) is 30.3 Å². The number of anilines is 1. The van der Waals surface area contributed by atoms with Crippen molar-refractivity contribution in [1.29, 1.82) is 0 Å². The second kappa shape index (κ2) is 9.19. The number of amides is 2. The minimum absolute atomic E-state index is 0.0114. The molecule has 178 valence electrons. The third-order valence-electron chi connectivity index (χ3n) is 6.05. The van der Waals surface area contributed by atoms with Crippen molar-refractivity contribution in [3.8, 4) is 5.69 Å². The molecule has 1 aliphatic heterocycles. The van der Waals surface area contributed by atoms with E-state index in [2.05, 4.69) is 10.4 Å². The topological polar surface area (TPSA) is 107 Å². The number of aromatic nitrogens is 2. The van der Waals surface area contributed by atoms with E-state index in [4.69, 9.17) is 9.15 Å². The van der Waals surface area contributed by atoms with Gasteiger partial charge >= 0.3 is 0 Å². The van der Waals surface area contributed by atoms with E-state index in [0.29, 0.717) is 48.7 Å². The quantitative estimate of drug-likeness (QED) is 0.352. The fourth-order valence-electron chi connectivity index (χ4n) is 4.31. The largest absolute Gasteiger partial charge is 0.449 e. The predicted molar refractivity (Wildman–Crippen MR) is 129 cm³/mol. The number of nitrogens with one attached hydrogen (secondary N) is 1. The summed E-state index contributed by atoms with van der Waals surface area (Å²) in [4.78, 5) is 41.3. The molecule has 1 saturated heterocycles. The molecule has 0 bridgehead atoms. The summed E-state index contributed by atoms with van der Waals surface area (Å²) >= 11 is 0. The fourth-order valence-corrected chi connectivity index (χ4v) is 4.31. The number of aryl methyl sites for hydroxylation is 1. The maximum Gasteiger partial charge on any atom is 0.297 e. The molecule has 0 saturated carbocycles. The van der Waals surface area contributed by atoms with Gasteiger partial charge in [0.1, 0.15) is 11.3 Å². The average Bonchev–Trinajstić information content (AvgIpc) is 3.40. The highest BCUT2D eigenvalue weighted by Gasteiger charge is 2.31. The molecule has 0 aliphatic carbocycles. The minimum atomic E-state index is -0.869. The molecule has 0 radical (unpaired) electrons. The van der Waals surface area contributed by atoms with E-state index < -0.39 is 11.7 Å². The summed E-state index contributed by atoms with van der Waals surface area (Å²) in [5.74, 6) is -1.98. The molecule has 9 heteroatoms. The third-order valence-corrected chi connectivity index (χ3v) is 6.05. The van der Waals surface area contributed by atoms with E-state index in [0.717, 1.165) is 5.69 Å². The van der Waals surface area contributed by atoms with Crippen molar-refractivity contribution in [3.05, 3.63) is 77.3 Å². The van der Waals surface area contributed by atoms with Crippen LogP contribution in [-0.2, 0) is 9.53 Å². The van der Waals surface area contributed by atoms with Gasteiger partial charge in [-0.3, -0.25) is 14.4 Å². The minimum Gasteiger partial charge on any atom is -0.449 e. The number of ketones is 1. The van der Waals surface area contributed by atoms with E-state index >= 15 is 0 Å². The Kier molecular flexibility index (Phi) is 5.92. The van der Waals surface area contributed by atoms with Gasteiger partial charge < -0.3 is 19.4 Å². The maximum atomic E-state index is 13.3. The van der Waals surface area contributed by atoms with Crippen LogP contribution in [0.2, 0.25) is 0 Å². The third kappa shape index (κ3) is 4.10. The van der Waals surface area contributed by atoms with Crippen molar-refractivity contribution >= 4 is 34.3 Å². The van der Waals surface area contributed by atoms with Crippen LogP contribution < -0.4 is 5.32 Å². The normalized spacial score (nSPS) is 13.7. The Morgan fingerprint density at radius 1 is 0.943 bits per heavy atom. The van der Waals surface area contributed by atoms with Crippen LogP contribution >= 0.6 is 0 Å². The van der Waals surface area contributed by atoms with Crippen LogP contribution in [0.25, 0.3) is 16.7 Å². The Morgan fingerprint density at radius 2 is 1.63 bits per heavy atom. The highest BCUT2D eigenvalue weighted by molar-refractivity contribution is 6.47. The van der Waals surface area contributed by atoms with E-state index in [1.807, 2.05) is 30.3 Å². The first-order valence-corrected chi connectivity index (χ1v) is 11.3. The zero-order valence-electron chi connectivity index (χ0n) is 19.4. The highest BCUT2D eigenvalue weighted by atomic mass is 16.5. The molecule has 1 N–H and O–H groups in total. The van der Waals surface area contributed by atoms with Crippen LogP contribution in [0.5, 0.6) is 0 Å². The summed E-state index contributed by atoms with van der Waals surface area (Å²) in [5.41, 5.74) is 2.62. The predicted octanol–water partition coefficient (Wildman–Crippen LogP) is 3.53. The zero-order chi connectivity index (χ0) is 24.5. The fraction of sp³-hybridized carbons (Fsp3) is 0.231. The second-order valence-electron chi connectivity index (χ2n) is 8.28. The molecule has 0 atom stereocenters. The molecular formula is C26H24N4O5. The Labute approximate surface area is 201 Å². The number of furan rings is 1. The molecule has 2 aromatic heterocycles. The van der Waals surface area contributed by atoms with Crippen molar-refractivity contribution in [2.24, 2.45) is 0 Å². The van der Waals surface area contributed by atoms with Crippen LogP contribution in [0.1, 0.15) is 32.3 Å². The van der Waals surface area contributed by atoms with Crippen molar-refractivity contribution in [2.45, 2.75) is 13.8 Å².